The van der Waals surface area contributed by atoms with Crippen molar-refractivity contribution >= 4 is 0 Å². The van der Waals surface area contributed by atoms with E-state index in [0.29, 0.717) is 0 Å². The molecule has 2 heteroatoms. The average molecular weight is 196 g/mol. The van der Waals surface area contributed by atoms with Gasteiger partial charge in [-0.1, -0.05) is 13.8 Å². The molecule has 3 atom stereocenters. The highest BCUT2D eigenvalue weighted by Gasteiger charge is 2.39. The van der Waals surface area contributed by atoms with Crippen molar-refractivity contribution < 1.29 is 0 Å². The lowest BCUT2D eigenvalue weighted by Gasteiger charge is -2.27. The standard InChI is InChI=1S/C12H24N2/c1-3-7-14(4-2)9-10-8-11-5-6-12(10)13-11/h10-13H,3-9H2,1-2H3. The highest BCUT2D eigenvalue weighted by Crippen LogP contribution is 2.33. The van der Waals surface area contributed by atoms with Crippen molar-refractivity contribution in [1.29, 1.82) is 0 Å². The van der Waals surface area contributed by atoms with Crippen molar-refractivity contribution in [2.45, 2.75) is 51.6 Å². The molecule has 1 N–H and O–H groups in total. The molecule has 2 heterocycles. The van der Waals surface area contributed by atoms with Crippen molar-refractivity contribution in [2.24, 2.45) is 5.92 Å². The van der Waals surface area contributed by atoms with Gasteiger partial charge in [0.05, 0.1) is 0 Å². The Hall–Kier alpha value is -0.0800. The number of fused-ring (bicyclic) bond motifs is 2. The van der Waals surface area contributed by atoms with Gasteiger partial charge in [0, 0.05) is 18.6 Å². The van der Waals surface area contributed by atoms with Crippen molar-refractivity contribution in [3.05, 3.63) is 0 Å². The van der Waals surface area contributed by atoms with Crippen molar-refractivity contribution in [2.75, 3.05) is 19.6 Å². The third-order valence-electron chi connectivity index (χ3n) is 3.91. The van der Waals surface area contributed by atoms with Crippen LogP contribution < -0.4 is 5.32 Å². The maximum absolute atomic E-state index is 3.72. The molecular formula is C12H24N2. The first-order valence-electron chi connectivity index (χ1n) is 6.31. The lowest BCUT2D eigenvalue weighted by atomic mass is 9.89. The first-order valence-corrected chi connectivity index (χ1v) is 6.31. The average Bonchev–Trinajstić information content (AvgIpc) is 2.78. The van der Waals surface area contributed by atoms with Gasteiger partial charge in [-0.05, 0) is 44.7 Å². The van der Waals surface area contributed by atoms with Gasteiger partial charge in [0.25, 0.3) is 0 Å². The largest absolute Gasteiger partial charge is 0.311 e. The fraction of sp³-hybridized carbons (Fsp3) is 1.00. The van der Waals surface area contributed by atoms with Crippen LogP contribution in [0.4, 0.5) is 0 Å². The van der Waals surface area contributed by atoms with Crippen LogP contribution in [0.1, 0.15) is 39.5 Å². The fourth-order valence-electron chi connectivity index (χ4n) is 3.17. The molecule has 0 radical (unpaired) electrons. The van der Waals surface area contributed by atoms with E-state index in [1.807, 2.05) is 0 Å². The maximum atomic E-state index is 3.72. The summed E-state index contributed by atoms with van der Waals surface area (Å²) in [6.45, 7) is 8.41. The van der Waals surface area contributed by atoms with Gasteiger partial charge in [-0.15, -0.1) is 0 Å². The Morgan fingerprint density at radius 1 is 1.29 bits per heavy atom. The number of nitrogens with one attached hydrogen (secondary N) is 1. The molecule has 2 nitrogen and oxygen atoms in total. The number of hydrogen-bond acceptors (Lipinski definition) is 2. The van der Waals surface area contributed by atoms with Crippen LogP contribution in [0.25, 0.3) is 0 Å². The summed E-state index contributed by atoms with van der Waals surface area (Å²) in [7, 11) is 0. The van der Waals surface area contributed by atoms with Gasteiger partial charge in [-0.25, -0.2) is 0 Å². The molecule has 2 bridgehead atoms. The second kappa shape index (κ2) is 4.63. The van der Waals surface area contributed by atoms with Crippen LogP contribution in [-0.4, -0.2) is 36.6 Å². The molecule has 14 heavy (non-hydrogen) atoms. The van der Waals surface area contributed by atoms with Crippen LogP contribution in [0.15, 0.2) is 0 Å². The minimum Gasteiger partial charge on any atom is -0.311 e. The SMILES string of the molecule is CCCN(CC)CC1CC2CCC1N2. The van der Waals surface area contributed by atoms with E-state index in [1.165, 1.54) is 45.3 Å². The summed E-state index contributed by atoms with van der Waals surface area (Å²) in [5.41, 5.74) is 0. The molecule has 0 spiro atoms. The lowest BCUT2D eigenvalue weighted by molar-refractivity contribution is 0.220. The molecule has 2 rings (SSSR count). The molecule has 2 saturated heterocycles. The minimum atomic E-state index is 0.853. The van der Waals surface area contributed by atoms with Crippen LogP contribution in [-0.2, 0) is 0 Å². The molecular weight excluding hydrogens is 172 g/mol. The van der Waals surface area contributed by atoms with Gasteiger partial charge in [0.1, 0.15) is 0 Å². The Labute approximate surface area is 88.1 Å². The predicted octanol–water partition coefficient (Wildman–Crippen LogP) is 1.86. The highest BCUT2D eigenvalue weighted by molar-refractivity contribution is 4.98. The lowest BCUT2D eigenvalue weighted by Crippen LogP contribution is -2.35. The normalized spacial score (nSPS) is 35.8. The molecule has 82 valence electrons. The Kier molecular flexibility index (Phi) is 3.45. The Bertz CT molecular complexity index is 181. The van der Waals surface area contributed by atoms with Gasteiger partial charge < -0.3 is 10.2 Å². The third-order valence-corrected chi connectivity index (χ3v) is 3.91. The Balaban J connectivity index is 1.79. The van der Waals surface area contributed by atoms with Gasteiger partial charge in [0.15, 0.2) is 0 Å². The Morgan fingerprint density at radius 3 is 2.64 bits per heavy atom. The molecule has 2 aliphatic rings. The summed E-state index contributed by atoms with van der Waals surface area (Å²) < 4.78 is 0. The smallest absolute Gasteiger partial charge is 0.0111 e. The van der Waals surface area contributed by atoms with E-state index in [4.69, 9.17) is 0 Å². The summed E-state index contributed by atoms with van der Waals surface area (Å²) in [6, 6.07) is 1.72. The summed E-state index contributed by atoms with van der Waals surface area (Å²) in [4.78, 5) is 2.62. The van der Waals surface area contributed by atoms with Crippen LogP contribution in [0.2, 0.25) is 0 Å². The van der Waals surface area contributed by atoms with Gasteiger partial charge >= 0.3 is 0 Å². The monoisotopic (exact) mass is 196 g/mol. The fourth-order valence-corrected chi connectivity index (χ4v) is 3.17. The van der Waals surface area contributed by atoms with Gasteiger partial charge in [-0.3, -0.25) is 0 Å². The second-order valence-electron chi connectivity index (χ2n) is 4.94. The molecule has 0 amide bonds. The summed E-state index contributed by atoms with van der Waals surface area (Å²) in [5.74, 6) is 0.945. The highest BCUT2D eigenvalue weighted by atomic mass is 15.1. The number of nitrogens with zero attached hydrogens (tertiary/aromatic N) is 1. The summed E-state index contributed by atoms with van der Waals surface area (Å²) >= 11 is 0. The van der Waals surface area contributed by atoms with Gasteiger partial charge in [0.2, 0.25) is 0 Å². The van der Waals surface area contributed by atoms with Crippen molar-refractivity contribution in [1.82, 2.24) is 10.2 Å². The van der Waals surface area contributed by atoms with Crippen LogP contribution in [0.5, 0.6) is 0 Å². The van der Waals surface area contributed by atoms with Crippen LogP contribution in [0.3, 0.4) is 0 Å². The molecule has 2 aliphatic heterocycles. The molecule has 0 aromatic carbocycles. The van der Waals surface area contributed by atoms with E-state index in [1.54, 1.807) is 0 Å². The summed E-state index contributed by atoms with van der Waals surface area (Å²) in [5, 5.41) is 3.72. The number of hydrogen-bond donors (Lipinski definition) is 1. The zero-order valence-corrected chi connectivity index (χ0v) is 9.63. The van der Waals surface area contributed by atoms with Crippen LogP contribution in [0, 0.1) is 5.92 Å². The van der Waals surface area contributed by atoms with Crippen molar-refractivity contribution in [3.8, 4) is 0 Å². The van der Waals surface area contributed by atoms with E-state index < -0.39 is 0 Å². The molecule has 3 unspecified atom stereocenters. The third kappa shape index (κ3) is 2.12. The second-order valence-corrected chi connectivity index (χ2v) is 4.94. The minimum absolute atomic E-state index is 0.853. The maximum Gasteiger partial charge on any atom is 0.0111 e. The zero-order valence-electron chi connectivity index (χ0n) is 9.63. The van der Waals surface area contributed by atoms with Crippen LogP contribution >= 0.6 is 0 Å². The topological polar surface area (TPSA) is 15.3 Å². The van der Waals surface area contributed by atoms with E-state index in [9.17, 15) is 0 Å². The zero-order chi connectivity index (χ0) is 9.97. The van der Waals surface area contributed by atoms with E-state index >= 15 is 0 Å². The molecule has 0 aromatic rings. The van der Waals surface area contributed by atoms with E-state index in [0.717, 1.165) is 18.0 Å². The first kappa shape index (κ1) is 10.4. The van der Waals surface area contributed by atoms with Gasteiger partial charge in [-0.2, -0.15) is 0 Å². The molecule has 0 aliphatic carbocycles. The van der Waals surface area contributed by atoms with E-state index in [-0.39, 0.29) is 0 Å². The number of rotatable bonds is 5. The molecule has 2 fully saturated rings. The quantitative estimate of drug-likeness (QED) is 0.722. The summed E-state index contributed by atoms with van der Waals surface area (Å²) in [6.07, 6.45) is 5.59. The van der Waals surface area contributed by atoms with Crippen molar-refractivity contribution in [3.63, 3.8) is 0 Å². The first-order chi connectivity index (χ1) is 6.83. The molecule has 0 aromatic heterocycles. The predicted molar refractivity (Wildman–Crippen MR) is 60.5 cm³/mol. The Morgan fingerprint density at radius 2 is 2.14 bits per heavy atom. The molecule has 0 saturated carbocycles. The van der Waals surface area contributed by atoms with E-state index in [2.05, 4.69) is 24.1 Å².